The molecular weight excluding hydrogens is 124 g/mol. The minimum Gasteiger partial charge on any atom is -0.241 e. The van der Waals surface area contributed by atoms with Crippen LogP contribution in [0.1, 0.15) is 5.56 Å². The fraction of sp³-hybridized carbons (Fsp3) is 0.125. The molecule has 0 radical (unpaired) electrons. The first-order valence-electron chi connectivity index (χ1n) is 3.26. The van der Waals surface area contributed by atoms with Gasteiger partial charge in [-0.1, -0.05) is 6.07 Å². The highest BCUT2D eigenvalue weighted by atomic mass is 15.2. The molecule has 0 aliphatic heterocycles. The number of rotatable bonds is 0. The van der Waals surface area contributed by atoms with Crippen molar-refractivity contribution in [2.45, 2.75) is 6.92 Å². The Labute approximate surface area is 59.1 Å². The molecule has 0 unspecified atom stereocenters. The molecule has 2 heteroatoms. The smallest absolute Gasteiger partial charge is 0.0661 e. The van der Waals surface area contributed by atoms with Crippen LogP contribution in [0, 0.1) is 6.92 Å². The maximum absolute atomic E-state index is 4.10. The van der Waals surface area contributed by atoms with Crippen molar-refractivity contribution in [1.29, 1.82) is 0 Å². The number of nitrogens with zero attached hydrogens (tertiary/aromatic N) is 2. The van der Waals surface area contributed by atoms with Crippen molar-refractivity contribution in [1.82, 2.24) is 9.61 Å². The first kappa shape index (κ1) is 5.47. The number of pyridine rings is 1. The lowest BCUT2D eigenvalue weighted by Crippen LogP contribution is -1.85. The maximum Gasteiger partial charge on any atom is 0.0661 e. The Morgan fingerprint density at radius 2 is 2.20 bits per heavy atom. The molecule has 0 N–H and O–H groups in total. The van der Waals surface area contributed by atoms with Gasteiger partial charge in [0.05, 0.1) is 5.52 Å². The predicted molar refractivity (Wildman–Crippen MR) is 39.9 cm³/mol. The second-order valence-electron chi connectivity index (χ2n) is 2.41. The lowest BCUT2D eigenvalue weighted by molar-refractivity contribution is 0.952. The Bertz CT molecular complexity index is 349. The standard InChI is InChI=1S/C8H8N2/c1-7-2-3-8-4-5-9-10(8)6-7/h2-6H,1H3. The van der Waals surface area contributed by atoms with Gasteiger partial charge in [-0.25, -0.2) is 4.52 Å². The fourth-order valence-electron chi connectivity index (χ4n) is 1.02. The third-order valence-electron chi connectivity index (χ3n) is 1.54. The normalized spacial score (nSPS) is 10.5. The Morgan fingerprint density at radius 1 is 1.30 bits per heavy atom. The van der Waals surface area contributed by atoms with Gasteiger partial charge in [0, 0.05) is 12.4 Å². The highest BCUT2D eigenvalue weighted by Crippen LogP contribution is 2.02. The van der Waals surface area contributed by atoms with Crippen LogP contribution in [-0.4, -0.2) is 9.61 Å². The van der Waals surface area contributed by atoms with Gasteiger partial charge in [-0.2, -0.15) is 5.10 Å². The molecule has 0 atom stereocenters. The molecule has 2 aromatic heterocycles. The summed E-state index contributed by atoms with van der Waals surface area (Å²) in [5.41, 5.74) is 2.38. The van der Waals surface area contributed by atoms with E-state index in [4.69, 9.17) is 0 Å². The first-order valence-corrected chi connectivity index (χ1v) is 3.26. The molecule has 0 aliphatic carbocycles. The molecule has 0 fully saturated rings. The van der Waals surface area contributed by atoms with E-state index in [0.717, 1.165) is 5.52 Å². The van der Waals surface area contributed by atoms with E-state index in [1.165, 1.54) is 5.56 Å². The zero-order valence-electron chi connectivity index (χ0n) is 5.78. The summed E-state index contributed by atoms with van der Waals surface area (Å²) in [6, 6.07) is 6.12. The molecule has 2 aromatic rings. The summed E-state index contributed by atoms with van der Waals surface area (Å²) >= 11 is 0. The van der Waals surface area contributed by atoms with Crippen LogP contribution in [0.5, 0.6) is 0 Å². The second kappa shape index (κ2) is 1.84. The topological polar surface area (TPSA) is 17.3 Å². The monoisotopic (exact) mass is 132 g/mol. The van der Waals surface area contributed by atoms with Gasteiger partial charge in [0.25, 0.3) is 0 Å². The van der Waals surface area contributed by atoms with Gasteiger partial charge >= 0.3 is 0 Å². The van der Waals surface area contributed by atoms with Gasteiger partial charge in [0.15, 0.2) is 0 Å². The molecule has 0 saturated carbocycles. The second-order valence-corrected chi connectivity index (χ2v) is 2.41. The number of aryl methyl sites for hydroxylation is 1. The summed E-state index contributed by atoms with van der Waals surface area (Å²) in [6.45, 7) is 2.06. The van der Waals surface area contributed by atoms with E-state index >= 15 is 0 Å². The lowest BCUT2D eigenvalue weighted by Gasteiger charge is -1.92. The molecule has 0 bridgehead atoms. The number of fused-ring (bicyclic) bond motifs is 1. The van der Waals surface area contributed by atoms with E-state index < -0.39 is 0 Å². The Hall–Kier alpha value is -1.31. The van der Waals surface area contributed by atoms with E-state index in [1.54, 1.807) is 6.20 Å². The van der Waals surface area contributed by atoms with E-state index in [2.05, 4.69) is 24.2 Å². The van der Waals surface area contributed by atoms with Gasteiger partial charge in [-0.05, 0) is 24.6 Å². The van der Waals surface area contributed by atoms with E-state index in [-0.39, 0.29) is 0 Å². The maximum atomic E-state index is 4.10. The van der Waals surface area contributed by atoms with Gasteiger partial charge in [-0.15, -0.1) is 0 Å². The van der Waals surface area contributed by atoms with E-state index in [0.29, 0.717) is 0 Å². The van der Waals surface area contributed by atoms with Crippen LogP contribution >= 0.6 is 0 Å². The van der Waals surface area contributed by atoms with Gasteiger partial charge in [0.1, 0.15) is 0 Å². The molecule has 0 aliphatic rings. The largest absolute Gasteiger partial charge is 0.241 e. The van der Waals surface area contributed by atoms with Gasteiger partial charge in [0.2, 0.25) is 0 Å². The molecule has 0 amide bonds. The summed E-state index contributed by atoms with van der Waals surface area (Å²) in [4.78, 5) is 0. The number of aromatic nitrogens is 2. The minimum absolute atomic E-state index is 1.14. The van der Waals surface area contributed by atoms with Crippen LogP contribution in [0.4, 0.5) is 0 Å². The fourth-order valence-corrected chi connectivity index (χ4v) is 1.02. The van der Waals surface area contributed by atoms with Crippen LogP contribution in [0.2, 0.25) is 0 Å². The zero-order valence-corrected chi connectivity index (χ0v) is 5.78. The van der Waals surface area contributed by atoms with Crippen LogP contribution in [-0.2, 0) is 0 Å². The van der Waals surface area contributed by atoms with Crippen molar-refractivity contribution in [3.63, 3.8) is 0 Å². The summed E-state index contributed by atoms with van der Waals surface area (Å²) in [5.74, 6) is 0. The van der Waals surface area contributed by atoms with Crippen LogP contribution < -0.4 is 0 Å². The van der Waals surface area contributed by atoms with Crippen molar-refractivity contribution < 1.29 is 0 Å². The molecule has 2 heterocycles. The highest BCUT2D eigenvalue weighted by molar-refractivity contribution is 5.45. The van der Waals surface area contributed by atoms with Crippen molar-refractivity contribution in [2.24, 2.45) is 0 Å². The van der Waals surface area contributed by atoms with Crippen molar-refractivity contribution in [3.8, 4) is 0 Å². The Balaban J connectivity index is 2.86. The van der Waals surface area contributed by atoms with E-state index in [9.17, 15) is 0 Å². The summed E-state index contributed by atoms with van der Waals surface area (Å²) in [5, 5.41) is 4.10. The molecule has 2 nitrogen and oxygen atoms in total. The summed E-state index contributed by atoms with van der Waals surface area (Å²) in [7, 11) is 0. The third-order valence-corrected chi connectivity index (χ3v) is 1.54. The van der Waals surface area contributed by atoms with Gasteiger partial charge in [-0.3, -0.25) is 0 Å². The molecular formula is C8H8N2. The molecule has 0 aromatic carbocycles. The van der Waals surface area contributed by atoms with Crippen LogP contribution in [0.25, 0.3) is 5.52 Å². The van der Waals surface area contributed by atoms with Crippen LogP contribution in [0.15, 0.2) is 30.6 Å². The number of hydrogen-bond donors (Lipinski definition) is 0. The van der Waals surface area contributed by atoms with Crippen LogP contribution in [0.3, 0.4) is 0 Å². The highest BCUT2D eigenvalue weighted by Gasteiger charge is 1.89. The van der Waals surface area contributed by atoms with Crippen molar-refractivity contribution >= 4 is 5.52 Å². The average molecular weight is 132 g/mol. The minimum atomic E-state index is 1.14. The molecule has 0 spiro atoms. The van der Waals surface area contributed by atoms with E-state index in [1.807, 2.05) is 16.8 Å². The zero-order chi connectivity index (χ0) is 6.97. The van der Waals surface area contributed by atoms with Gasteiger partial charge < -0.3 is 0 Å². The predicted octanol–water partition coefficient (Wildman–Crippen LogP) is 1.64. The third kappa shape index (κ3) is 0.692. The summed E-state index contributed by atoms with van der Waals surface area (Å²) < 4.78 is 1.87. The molecule has 0 saturated heterocycles. The molecule has 50 valence electrons. The first-order chi connectivity index (χ1) is 4.86. The average Bonchev–Trinajstić information content (AvgIpc) is 2.33. The van der Waals surface area contributed by atoms with Crippen molar-refractivity contribution in [2.75, 3.05) is 0 Å². The SMILES string of the molecule is Cc1ccc2ccnn2c1. The molecule has 2 rings (SSSR count). The Kier molecular flexibility index (Phi) is 1.01. The van der Waals surface area contributed by atoms with Crippen molar-refractivity contribution in [3.05, 3.63) is 36.2 Å². The molecule has 10 heavy (non-hydrogen) atoms. The lowest BCUT2D eigenvalue weighted by atomic mass is 10.3. The quantitative estimate of drug-likeness (QED) is 0.532. The Morgan fingerprint density at radius 3 is 3.10 bits per heavy atom. The summed E-state index contributed by atoms with van der Waals surface area (Å²) in [6.07, 6.45) is 3.81. The number of hydrogen-bond acceptors (Lipinski definition) is 1.